The van der Waals surface area contributed by atoms with Crippen molar-refractivity contribution in [1.29, 1.82) is 0 Å². The molecule has 4 heteroatoms. The molecule has 0 fully saturated rings. The van der Waals surface area contributed by atoms with Crippen molar-refractivity contribution in [1.82, 2.24) is 0 Å². The summed E-state index contributed by atoms with van der Waals surface area (Å²) in [6.45, 7) is 6.47. The van der Waals surface area contributed by atoms with Crippen LogP contribution in [0.2, 0.25) is 0 Å². The minimum absolute atomic E-state index is 0. The number of ether oxygens (including phenoxy) is 2. The van der Waals surface area contributed by atoms with E-state index in [0.29, 0.717) is 6.79 Å². The fraction of sp³-hybridized carbons (Fsp3) is 0.929. The van der Waals surface area contributed by atoms with Crippen LogP contribution in [0.15, 0.2) is 0 Å². The monoisotopic (exact) mass is 288 g/mol. The van der Waals surface area contributed by atoms with Crippen LogP contribution in [-0.2, 0) is 9.47 Å². The largest absolute Gasteiger partial charge is 2.00 e. The van der Waals surface area contributed by atoms with Gasteiger partial charge in [0.15, 0.2) is 0 Å². The Morgan fingerprint density at radius 2 is 1.39 bits per heavy atom. The van der Waals surface area contributed by atoms with E-state index in [1.807, 2.05) is 0 Å². The molecule has 0 aliphatic heterocycles. The van der Waals surface area contributed by atoms with Gasteiger partial charge >= 0.3 is 23.1 Å². The molecule has 0 heterocycles. The topological polar surface area (TPSA) is 18.5 Å². The molecule has 0 aromatic carbocycles. The summed E-state index contributed by atoms with van der Waals surface area (Å²) in [6, 6.07) is 0. The maximum absolute atomic E-state index is 5.39. The van der Waals surface area contributed by atoms with Gasteiger partial charge < -0.3 is 28.3 Å². The van der Waals surface area contributed by atoms with Gasteiger partial charge in [-0.25, -0.2) is 0 Å². The Balaban J connectivity index is -0.00000112. The minimum atomic E-state index is 0. The van der Waals surface area contributed by atoms with Crippen LogP contribution < -0.4 is 12.4 Å². The quantitative estimate of drug-likeness (QED) is 0.218. The van der Waals surface area contributed by atoms with E-state index in [2.05, 4.69) is 20.3 Å². The molecule has 0 aromatic rings. The van der Waals surface area contributed by atoms with Crippen LogP contribution in [0.25, 0.3) is 0 Å². The summed E-state index contributed by atoms with van der Waals surface area (Å²) in [6.07, 6.45) is 12.3. The number of unbranched alkanes of at least 4 members (excludes halogenated alkanes) is 7. The van der Waals surface area contributed by atoms with Crippen molar-refractivity contribution in [3.05, 3.63) is 6.42 Å². The van der Waals surface area contributed by atoms with Crippen LogP contribution in [0, 0.1) is 6.42 Å². The van der Waals surface area contributed by atoms with Crippen LogP contribution >= 0.6 is 0 Å². The SMILES string of the molecule is C[CH-]CCCOCOCCCCCCCC.[Cl-].[Mg+2]. The molecular weight excluding hydrogens is 260 g/mol. The number of rotatable bonds is 13. The molecule has 0 unspecified atom stereocenters. The van der Waals surface area contributed by atoms with E-state index in [4.69, 9.17) is 9.47 Å². The van der Waals surface area contributed by atoms with E-state index >= 15 is 0 Å². The molecule has 106 valence electrons. The Bertz CT molecular complexity index is 112. The third kappa shape index (κ3) is 22.2. The van der Waals surface area contributed by atoms with Crippen molar-refractivity contribution in [3.63, 3.8) is 0 Å². The van der Waals surface area contributed by atoms with Crippen LogP contribution in [0.3, 0.4) is 0 Å². The molecule has 0 spiro atoms. The van der Waals surface area contributed by atoms with E-state index in [1.165, 1.54) is 38.5 Å². The number of hydrogen-bond acceptors (Lipinski definition) is 2. The van der Waals surface area contributed by atoms with Gasteiger partial charge in [0.25, 0.3) is 0 Å². The van der Waals surface area contributed by atoms with Gasteiger partial charge in [-0.15, -0.1) is 0 Å². The zero-order valence-electron chi connectivity index (χ0n) is 12.3. The Morgan fingerprint density at radius 1 is 0.833 bits per heavy atom. The molecular formula is C14H29ClMgO2. The summed E-state index contributed by atoms with van der Waals surface area (Å²) in [4.78, 5) is 0. The molecule has 0 N–H and O–H groups in total. The van der Waals surface area contributed by atoms with Crippen molar-refractivity contribution in [2.45, 2.75) is 65.2 Å². The second-order valence-corrected chi connectivity index (χ2v) is 4.25. The summed E-state index contributed by atoms with van der Waals surface area (Å²) < 4.78 is 10.7. The molecule has 0 rings (SSSR count). The maximum atomic E-state index is 5.39. The molecule has 0 aliphatic rings. The molecule has 0 atom stereocenters. The zero-order valence-corrected chi connectivity index (χ0v) is 14.4. The van der Waals surface area contributed by atoms with Crippen molar-refractivity contribution in [3.8, 4) is 0 Å². The van der Waals surface area contributed by atoms with Gasteiger partial charge in [-0.3, -0.25) is 0 Å². The van der Waals surface area contributed by atoms with Crippen molar-refractivity contribution >= 4 is 23.1 Å². The third-order valence-electron chi connectivity index (χ3n) is 2.59. The Morgan fingerprint density at radius 3 is 2.00 bits per heavy atom. The van der Waals surface area contributed by atoms with Crippen molar-refractivity contribution in [2.24, 2.45) is 0 Å². The van der Waals surface area contributed by atoms with Crippen molar-refractivity contribution in [2.75, 3.05) is 20.0 Å². The molecule has 0 saturated heterocycles. The van der Waals surface area contributed by atoms with Gasteiger partial charge in [0.2, 0.25) is 0 Å². The first-order valence-electron chi connectivity index (χ1n) is 6.85. The van der Waals surface area contributed by atoms with E-state index in [9.17, 15) is 0 Å². The average molecular weight is 289 g/mol. The van der Waals surface area contributed by atoms with Crippen LogP contribution in [0.5, 0.6) is 0 Å². The predicted octanol–water partition coefficient (Wildman–Crippen LogP) is 0.965. The molecule has 0 aliphatic carbocycles. The van der Waals surface area contributed by atoms with Crippen LogP contribution in [0.1, 0.15) is 65.2 Å². The Kier molecular flexibility index (Phi) is 30.8. The summed E-state index contributed by atoms with van der Waals surface area (Å²) in [5.74, 6) is 0. The minimum Gasteiger partial charge on any atom is -1.00 e. The van der Waals surface area contributed by atoms with Gasteiger partial charge in [-0.05, 0) is 6.42 Å². The average Bonchev–Trinajstić information content (AvgIpc) is 2.31. The first-order valence-corrected chi connectivity index (χ1v) is 6.85. The second-order valence-electron chi connectivity index (χ2n) is 4.25. The predicted molar refractivity (Wildman–Crippen MR) is 75.1 cm³/mol. The fourth-order valence-corrected chi connectivity index (χ4v) is 1.55. The summed E-state index contributed by atoms with van der Waals surface area (Å²) in [7, 11) is 0. The van der Waals surface area contributed by atoms with Gasteiger partial charge in [0, 0.05) is 13.2 Å². The molecule has 0 amide bonds. The van der Waals surface area contributed by atoms with Crippen LogP contribution in [-0.4, -0.2) is 43.1 Å². The smallest absolute Gasteiger partial charge is 1.00 e. The van der Waals surface area contributed by atoms with E-state index in [-0.39, 0.29) is 35.5 Å². The third-order valence-corrected chi connectivity index (χ3v) is 2.59. The molecule has 18 heavy (non-hydrogen) atoms. The van der Waals surface area contributed by atoms with Gasteiger partial charge in [0.1, 0.15) is 6.79 Å². The van der Waals surface area contributed by atoms with Gasteiger partial charge in [0.05, 0.1) is 0 Å². The van der Waals surface area contributed by atoms with Gasteiger partial charge in [-0.2, -0.15) is 13.3 Å². The van der Waals surface area contributed by atoms with Crippen molar-refractivity contribution < 1.29 is 21.9 Å². The summed E-state index contributed by atoms with van der Waals surface area (Å²) in [5, 5.41) is 0. The first kappa shape index (κ1) is 24.0. The first-order chi connectivity index (χ1) is 7.91. The number of halogens is 1. The molecule has 2 nitrogen and oxygen atoms in total. The maximum Gasteiger partial charge on any atom is 2.00 e. The molecule has 0 radical (unpaired) electrons. The second kappa shape index (κ2) is 23.1. The molecule has 0 saturated carbocycles. The van der Waals surface area contributed by atoms with Crippen LogP contribution in [0.4, 0.5) is 0 Å². The standard InChI is InChI=1S/C14H29O2.ClH.Mg/c1-3-5-7-8-9-11-13-16-14-15-12-10-6-4-2;;/h4H,3,5-14H2,1-2H3;1H;/q-1;;+2/p-1. The van der Waals surface area contributed by atoms with E-state index in [1.54, 1.807) is 0 Å². The fourth-order valence-electron chi connectivity index (χ4n) is 1.55. The zero-order chi connectivity index (χ0) is 11.9. The summed E-state index contributed by atoms with van der Waals surface area (Å²) in [5.41, 5.74) is 0. The molecule has 0 bridgehead atoms. The normalized spacial score (nSPS) is 9.67. The number of hydrogen-bond donors (Lipinski definition) is 0. The Labute approximate surface area is 136 Å². The van der Waals surface area contributed by atoms with E-state index < -0.39 is 0 Å². The summed E-state index contributed by atoms with van der Waals surface area (Å²) >= 11 is 0. The van der Waals surface area contributed by atoms with E-state index in [0.717, 1.165) is 26.1 Å². The van der Waals surface area contributed by atoms with Gasteiger partial charge in [-0.1, -0.05) is 45.4 Å². The molecule has 0 aromatic heterocycles. The Hall–Kier alpha value is 0.976.